The van der Waals surface area contributed by atoms with Gasteiger partial charge in [0.25, 0.3) is 0 Å². The number of hydrogen-bond donors (Lipinski definition) is 0. The Kier molecular flexibility index (Phi) is 6.19. The molecule has 0 atom stereocenters. The van der Waals surface area contributed by atoms with E-state index in [1.807, 2.05) is 39.8 Å². The minimum Gasteiger partial charge on any atom is -0.426 e. The van der Waals surface area contributed by atoms with E-state index in [-0.39, 0.29) is 11.9 Å². The lowest BCUT2D eigenvalue weighted by Gasteiger charge is -2.17. The molecular weight excluding hydrogens is 328 g/mol. The highest BCUT2D eigenvalue weighted by Gasteiger charge is 2.15. The summed E-state index contributed by atoms with van der Waals surface area (Å²) in [6, 6.07) is 8.17. The van der Waals surface area contributed by atoms with Crippen LogP contribution in [0.25, 0.3) is 11.1 Å². The van der Waals surface area contributed by atoms with Crippen molar-refractivity contribution < 1.29 is 19.1 Å². The maximum atomic E-state index is 11.5. The number of esters is 2. The van der Waals surface area contributed by atoms with Crippen LogP contribution in [0.15, 0.2) is 24.3 Å². The Hall–Kier alpha value is -2.62. The Morgan fingerprint density at radius 1 is 0.731 bits per heavy atom. The van der Waals surface area contributed by atoms with E-state index in [2.05, 4.69) is 12.1 Å². The summed E-state index contributed by atoms with van der Waals surface area (Å²) < 4.78 is 10.8. The first-order valence-electron chi connectivity index (χ1n) is 8.91. The fraction of sp³-hybridized carbons (Fsp3) is 0.364. The van der Waals surface area contributed by atoms with Gasteiger partial charge in [0.15, 0.2) is 0 Å². The summed E-state index contributed by atoms with van der Waals surface area (Å²) in [5.41, 5.74) is 5.96. The Bertz CT molecular complexity index is 801. The molecule has 0 aromatic heterocycles. The van der Waals surface area contributed by atoms with Crippen molar-refractivity contribution in [1.29, 1.82) is 0 Å². The van der Waals surface area contributed by atoms with Crippen LogP contribution in [0.1, 0.15) is 49.9 Å². The van der Waals surface area contributed by atoms with Crippen molar-refractivity contribution in [3.8, 4) is 22.6 Å². The van der Waals surface area contributed by atoms with Crippen LogP contribution >= 0.6 is 0 Å². The second kappa shape index (κ2) is 8.17. The Morgan fingerprint density at radius 2 is 1.12 bits per heavy atom. The molecule has 0 N–H and O–H groups in total. The SMILES string of the molecule is CCc1cc(-c2cc(C)c(OC(C)=O)c(C)c2)cc(CC)c1OC(C)=O. The van der Waals surface area contributed by atoms with E-state index < -0.39 is 0 Å². The van der Waals surface area contributed by atoms with Crippen LogP contribution in [0.4, 0.5) is 0 Å². The summed E-state index contributed by atoms with van der Waals surface area (Å²) in [6.07, 6.45) is 1.54. The van der Waals surface area contributed by atoms with Gasteiger partial charge in [-0.2, -0.15) is 0 Å². The van der Waals surface area contributed by atoms with E-state index in [4.69, 9.17) is 9.47 Å². The van der Waals surface area contributed by atoms with Crippen LogP contribution in [-0.4, -0.2) is 11.9 Å². The fourth-order valence-corrected chi connectivity index (χ4v) is 3.14. The normalized spacial score (nSPS) is 10.5. The second-order valence-corrected chi connectivity index (χ2v) is 6.46. The number of aryl methyl sites for hydroxylation is 4. The summed E-state index contributed by atoms with van der Waals surface area (Å²) in [4.78, 5) is 22.8. The summed E-state index contributed by atoms with van der Waals surface area (Å²) in [6.45, 7) is 10.8. The molecule has 0 fully saturated rings. The first-order valence-corrected chi connectivity index (χ1v) is 8.91. The summed E-state index contributed by atoms with van der Waals surface area (Å²) in [5.74, 6) is 0.663. The molecule has 0 aliphatic heterocycles. The molecular formula is C22H26O4. The topological polar surface area (TPSA) is 52.6 Å². The summed E-state index contributed by atoms with van der Waals surface area (Å²) in [7, 11) is 0. The third-order valence-corrected chi connectivity index (χ3v) is 4.29. The number of ether oxygens (including phenoxy) is 2. The van der Waals surface area contributed by atoms with Crippen molar-refractivity contribution in [3.05, 3.63) is 46.5 Å². The lowest BCUT2D eigenvalue weighted by Crippen LogP contribution is -2.07. The third kappa shape index (κ3) is 4.31. The van der Waals surface area contributed by atoms with Crippen LogP contribution in [-0.2, 0) is 22.4 Å². The average molecular weight is 354 g/mol. The van der Waals surface area contributed by atoms with Gasteiger partial charge in [-0.05, 0) is 84.3 Å². The first kappa shape index (κ1) is 19.7. The molecule has 2 aromatic rings. The molecule has 0 aliphatic rings. The van der Waals surface area contributed by atoms with Gasteiger partial charge in [-0.25, -0.2) is 0 Å². The Balaban J connectivity index is 2.58. The predicted octanol–water partition coefficient (Wildman–Crippen LogP) is 4.95. The molecule has 2 aromatic carbocycles. The van der Waals surface area contributed by atoms with Gasteiger partial charge in [0, 0.05) is 13.8 Å². The van der Waals surface area contributed by atoms with Gasteiger partial charge in [0.05, 0.1) is 0 Å². The van der Waals surface area contributed by atoms with Crippen molar-refractivity contribution >= 4 is 11.9 Å². The standard InChI is InChI=1S/C22H26O4/c1-7-17-11-20(12-18(8-2)22(17)26-16(6)24)19-9-13(3)21(14(4)10-19)25-15(5)23/h9-12H,7-8H2,1-6H3. The Labute approximate surface area is 155 Å². The van der Waals surface area contributed by atoms with Crippen molar-refractivity contribution in [3.63, 3.8) is 0 Å². The number of carbonyl (C=O) groups is 2. The average Bonchev–Trinajstić information content (AvgIpc) is 2.57. The maximum absolute atomic E-state index is 11.5. The molecule has 0 amide bonds. The highest BCUT2D eigenvalue weighted by Crippen LogP contribution is 2.35. The molecule has 0 bridgehead atoms. The van der Waals surface area contributed by atoms with Crippen molar-refractivity contribution in [2.45, 2.75) is 54.4 Å². The van der Waals surface area contributed by atoms with E-state index in [1.165, 1.54) is 13.8 Å². The second-order valence-electron chi connectivity index (χ2n) is 6.46. The molecule has 4 nitrogen and oxygen atoms in total. The van der Waals surface area contributed by atoms with E-state index in [0.29, 0.717) is 11.5 Å². The molecule has 26 heavy (non-hydrogen) atoms. The monoisotopic (exact) mass is 354 g/mol. The predicted molar refractivity (Wildman–Crippen MR) is 103 cm³/mol. The van der Waals surface area contributed by atoms with Gasteiger partial charge in [-0.3, -0.25) is 9.59 Å². The van der Waals surface area contributed by atoms with Gasteiger partial charge < -0.3 is 9.47 Å². The smallest absolute Gasteiger partial charge is 0.308 e. The largest absolute Gasteiger partial charge is 0.426 e. The number of carbonyl (C=O) groups excluding carboxylic acids is 2. The molecule has 138 valence electrons. The van der Waals surface area contributed by atoms with Gasteiger partial charge in [-0.1, -0.05) is 13.8 Å². The molecule has 4 heteroatoms. The molecule has 0 radical (unpaired) electrons. The minimum atomic E-state index is -0.323. The fourth-order valence-electron chi connectivity index (χ4n) is 3.14. The van der Waals surface area contributed by atoms with Gasteiger partial charge >= 0.3 is 11.9 Å². The van der Waals surface area contributed by atoms with Gasteiger partial charge in [0.1, 0.15) is 11.5 Å². The van der Waals surface area contributed by atoms with Crippen LogP contribution in [0.2, 0.25) is 0 Å². The first-order chi connectivity index (χ1) is 12.3. The lowest BCUT2D eigenvalue weighted by molar-refractivity contribution is -0.132. The van der Waals surface area contributed by atoms with Crippen LogP contribution in [0.5, 0.6) is 11.5 Å². The van der Waals surface area contributed by atoms with Crippen molar-refractivity contribution in [2.75, 3.05) is 0 Å². The van der Waals surface area contributed by atoms with Crippen LogP contribution < -0.4 is 9.47 Å². The summed E-state index contributed by atoms with van der Waals surface area (Å²) in [5, 5.41) is 0. The quantitative estimate of drug-likeness (QED) is 0.563. The lowest BCUT2D eigenvalue weighted by atomic mass is 9.94. The number of hydrogen-bond acceptors (Lipinski definition) is 4. The molecule has 0 saturated carbocycles. The van der Waals surface area contributed by atoms with Crippen LogP contribution in [0, 0.1) is 13.8 Å². The van der Waals surface area contributed by atoms with Gasteiger partial charge in [0.2, 0.25) is 0 Å². The third-order valence-electron chi connectivity index (χ3n) is 4.29. The molecule has 0 saturated heterocycles. The van der Waals surface area contributed by atoms with Gasteiger partial charge in [-0.15, -0.1) is 0 Å². The van der Waals surface area contributed by atoms with Crippen LogP contribution in [0.3, 0.4) is 0 Å². The van der Waals surface area contributed by atoms with Crippen molar-refractivity contribution in [2.24, 2.45) is 0 Å². The number of rotatable bonds is 5. The minimum absolute atomic E-state index is 0.306. The zero-order chi connectivity index (χ0) is 19.4. The van der Waals surface area contributed by atoms with E-state index in [1.54, 1.807) is 0 Å². The summed E-state index contributed by atoms with van der Waals surface area (Å²) >= 11 is 0. The zero-order valence-corrected chi connectivity index (χ0v) is 16.4. The van der Waals surface area contributed by atoms with E-state index in [9.17, 15) is 9.59 Å². The van der Waals surface area contributed by atoms with E-state index >= 15 is 0 Å². The highest BCUT2D eigenvalue weighted by atomic mass is 16.5. The molecule has 2 rings (SSSR count). The zero-order valence-electron chi connectivity index (χ0n) is 16.4. The molecule has 0 aliphatic carbocycles. The highest BCUT2D eigenvalue weighted by molar-refractivity contribution is 5.75. The molecule has 0 heterocycles. The van der Waals surface area contributed by atoms with E-state index in [0.717, 1.165) is 46.2 Å². The Morgan fingerprint density at radius 3 is 1.50 bits per heavy atom. The van der Waals surface area contributed by atoms with Crippen molar-refractivity contribution in [1.82, 2.24) is 0 Å². The molecule has 0 spiro atoms. The molecule has 0 unspecified atom stereocenters. The number of benzene rings is 2. The maximum Gasteiger partial charge on any atom is 0.308 e.